The van der Waals surface area contributed by atoms with E-state index in [0.29, 0.717) is 22.0 Å². The van der Waals surface area contributed by atoms with E-state index >= 15 is 0 Å². The summed E-state index contributed by atoms with van der Waals surface area (Å²) in [7, 11) is 1.27. The number of benzene rings is 1. The number of nitrogens with one attached hydrogen (secondary N) is 1. The van der Waals surface area contributed by atoms with Crippen LogP contribution in [-0.4, -0.2) is 18.0 Å². The van der Waals surface area contributed by atoms with Gasteiger partial charge in [-0.3, -0.25) is 10.1 Å². The number of furan rings is 1. The molecule has 110 valence electrons. The number of ether oxygens (including phenoxy) is 1. The minimum Gasteiger partial charge on any atom is -0.467 e. The normalized spacial score (nSPS) is 10.2. The van der Waals surface area contributed by atoms with Gasteiger partial charge in [-0.25, -0.2) is 4.79 Å². The zero-order valence-electron chi connectivity index (χ0n) is 11.0. The summed E-state index contributed by atoms with van der Waals surface area (Å²) in [4.78, 5) is 21.5. The molecule has 0 spiro atoms. The molecule has 0 saturated carbocycles. The fraction of sp³-hybridized carbons (Fsp3) is 0.154. The van der Waals surface area contributed by atoms with E-state index in [1.807, 2.05) is 0 Å². The molecule has 0 aliphatic heterocycles. The molecule has 0 atom stereocenters. The third-order valence-corrected chi connectivity index (χ3v) is 3.02. The maximum absolute atomic E-state index is 11.3. The van der Waals surface area contributed by atoms with Gasteiger partial charge in [-0.15, -0.1) is 0 Å². The first-order valence-corrected chi connectivity index (χ1v) is 6.22. The Labute approximate surface area is 124 Å². The number of anilines is 1. The molecule has 1 N–H and O–H groups in total. The molecule has 1 aromatic carbocycles. The summed E-state index contributed by atoms with van der Waals surface area (Å²) in [5, 5.41) is 14.0. The van der Waals surface area contributed by atoms with Crippen LogP contribution in [-0.2, 0) is 11.3 Å². The number of non-ortho nitro benzene ring substituents is 1. The summed E-state index contributed by atoms with van der Waals surface area (Å²) in [6, 6.07) is 5.59. The van der Waals surface area contributed by atoms with Crippen LogP contribution in [0.2, 0.25) is 5.02 Å². The number of hydrogen-bond acceptors (Lipinski definition) is 6. The van der Waals surface area contributed by atoms with E-state index in [9.17, 15) is 14.9 Å². The molecule has 0 radical (unpaired) electrons. The smallest absolute Gasteiger partial charge is 0.341 e. The quantitative estimate of drug-likeness (QED) is 0.517. The van der Waals surface area contributed by atoms with Crippen LogP contribution in [0.4, 0.5) is 11.4 Å². The number of nitro benzene ring substituents is 1. The number of methoxy groups -OCH3 is 1. The zero-order valence-corrected chi connectivity index (χ0v) is 11.7. The highest BCUT2D eigenvalue weighted by Gasteiger charge is 2.12. The topological polar surface area (TPSA) is 94.6 Å². The van der Waals surface area contributed by atoms with Gasteiger partial charge in [-0.1, -0.05) is 11.6 Å². The third kappa shape index (κ3) is 3.51. The van der Waals surface area contributed by atoms with E-state index in [2.05, 4.69) is 10.1 Å². The fourth-order valence-corrected chi connectivity index (χ4v) is 1.83. The SMILES string of the molecule is COC(=O)c1coc(CNc2cc([N+](=O)[O-])ccc2Cl)c1. The number of nitrogens with zero attached hydrogens (tertiary/aromatic N) is 1. The molecule has 8 heteroatoms. The lowest BCUT2D eigenvalue weighted by Gasteiger charge is -2.06. The average molecular weight is 311 g/mol. The molecule has 21 heavy (non-hydrogen) atoms. The summed E-state index contributed by atoms with van der Waals surface area (Å²) >= 11 is 5.96. The lowest BCUT2D eigenvalue weighted by molar-refractivity contribution is -0.384. The first-order valence-electron chi connectivity index (χ1n) is 5.85. The van der Waals surface area contributed by atoms with Crippen LogP contribution >= 0.6 is 11.6 Å². The van der Waals surface area contributed by atoms with Gasteiger partial charge in [0.25, 0.3) is 5.69 Å². The number of rotatable bonds is 5. The van der Waals surface area contributed by atoms with Gasteiger partial charge in [0, 0.05) is 12.1 Å². The Hall–Kier alpha value is -2.54. The second kappa shape index (κ2) is 6.27. The minimum atomic E-state index is -0.510. The number of carbonyl (C=O) groups is 1. The second-order valence-corrected chi connectivity index (χ2v) is 4.48. The summed E-state index contributed by atoms with van der Waals surface area (Å²) < 4.78 is 9.74. The van der Waals surface area contributed by atoms with E-state index in [-0.39, 0.29) is 12.2 Å². The number of esters is 1. The molecular formula is C13H11ClN2O5. The Kier molecular flexibility index (Phi) is 4.44. The highest BCUT2D eigenvalue weighted by atomic mass is 35.5. The molecule has 0 aliphatic carbocycles. The van der Waals surface area contributed by atoms with Gasteiger partial charge in [0.1, 0.15) is 12.0 Å². The molecule has 0 fully saturated rings. The first-order chi connectivity index (χ1) is 10.0. The summed E-state index contributed by atoms with van der Waals surface area (Å²) in [5.41, 5.74) is 0.623. The van der Waals surface area contributed by atoms with Crippen molar-refractivity contribution in [2.24, 2.45) is 0 Å². The van der Waals surface area contributed by atoms with Crippen LogP contribution in [0.15, 0.2) is 34.9 Å². The lowest BCUT2D eigenvalue weighted by atomic mass is 10.2. The predicted molar refractivity (Wildman–Crippen MR) is 75.5 cm³/mol. The van der Waals surface area contributed by atoms with Gasteiger partial charge in [0.05, 0.1) is 34.9 Å². The van der Waals surface area contributed by atoms with Gasteiger partial charge < -0.3 is 14.5 Å². The van der Waals surface area contributed by atoms with Crippen molar-refractivity contribution in [3.63, 3.8) is 0 Å². The Morgan fingerprint density at radius 1 is 1.48 bits per heavy atom. The van der Waals surface area contributed by atoms with Crippen molar-refractivity contribution in [1.29, 1.82) is 0 Å². The van der Waals surface area contributed by atoms with Crippen LogP contribution in [0.25, 0.3) is 0 Å². The summed E-state index contributed by atoms with van der Waals surface area (Å²) in [5.74, 6) is -0.0312. The lowest BCUT2D eigenvalue weighted by Crippen LogP contribution is -2.01. The molecule has 1 heterocycles. The maximum atomic E-state index is 11.3. The van der Waals surface area contributed by atoms with E-state index in [1.165, 1.54) is 37.6 Å². The van der Waals surface area contributed by atoms with Gasteiger partial charge >= 0.3 is 5.97 Å². The summed E-state index contributed by atoms with van der Waals surface area (Å²) in [6.45, 7) is 0.220. The van der Waals surface area contributed by atoms with Crippen LogP contribution in [0.1, 0.15) is 16.1 Å². The van der Waals surface area contributed by atoms with Crippen LogP contribution < -0.4 is 5.32 Å². The van der Waals surface area contributed by atoms with E-state index in [1.54, 1.807) is 0 Å². The Balaban J connectivity index is 2.09. The standard InChI is InChI=1S/C13H11ClN2O5/c1-20-13(17)8-4-10(21-7-8)6-15-12-5-9(16(18)19)2-3-11(12)14/h2-5,7,15H,6H2,1H3. The summed E-state index contributed by atoms with van der Waals surface area (Å²) in [6.07, 6.45) is 1.28. The number of hydrogen-bond donors (Lipinski definition) is 1. The van der Waals surface area contributed by atoms with Crippen LogP contribution in [0.3, 0.4) is 0 Å². The Morgan fingerprint density at radius 3 is 2.90 bits per heavy atom. The van der Waals surface area contributed by atoms with E-state index < -0.39 is 10.9 Å². The molecule has 0 unspecified atom stereocenters. The monoisotopic (exact) mass is 310 g/mol. The highest BCUT2D eigenvalue weighted by Crippen LogP contribution is 2.27. The first kappa shape index (κ1) is 14.9. The van der Waals surface area contributed by atoms with Crippen molar-refractivity contribution in [1.82, 2.24) is 0 Å². The van der Waals surface area contributed by atoms with Crippen molar-refractivity contribution in [3.05, 3.63) is 57.0 Å². The van der Waals surface area contributed by atoms with Gasteiger partial charge in [-0.2, -0.15) is 0 Å². The van der Waals surface area contributed by atoms with Crippen molar-refractivity contribution < 1.29 is 18.9 Å². The maximum Gasteiger partial charge on any atom is 0.341 e. The second-order valence-electron chi connectivity index (χ2n) is 4.07. The molecule has 0 amide bonds. The number of halogens is 1. The minimum absolute atomic E-state index is 0.0726. The van der Waals surface area contributed by atoms with Crippen molar-refractivity contribution in [2.45, 2.75) is 6.54 Å². The molecule has 0 bridgehead atoms. The molecule has 7 nitrogen and oxygen atoms in total. The van der Waals surface area contributed by atoms with Gasteiger partial charge in [0.15, 0.2) is 0 Å². The van der Waals surface area contributed by atoms with Crippen molar-refractivity contribution in [2.75, 3.05) is 12.4 Å². The Morgan fingerprint density at radius 2 is 2.24 bits per heavy atom. The predicted octanol–water partition coefficient (Wildman–Crippen LogP) is 3.24. The molecule has 0 aliphatic rings. The fourth-order valence-electron chi connectivity index (χ4n) is 1.64. The molecular weight excluding hydrogens is 300 g/mol. The molecule has 0 saturated heterocycles. The molecule has 2 aromatic rings. The highest BCUT2D eigenvalue weighted by molar-refractivity contribution is 6.33. The number of nitro groups is 1. The third-order valence-electron chi connectivity index (χ3n) is 2.69. The van der Waals surface area contributed by atoms with E-state index in [0.717, 1.165) is 0 Å². The van der Waals surface area contributed by atoms with Crippen molar-refractivity contribution >= 4 is 28.9 Å². The Bertz CT molecular complexity index is 683. The van der Waals surface area contributed by atoms with E-state index in [4.69, 9.17) is 16.0 Å². The van der Waals surface area contributed by atoms with Gasteiger partial charge in [0.2, 0.25) is 0 Å². The van der Waals surface area contributed by atoms with Crippen LogP contribution in [0, 0.1) is 10.1 Å². The molecule has 1 aromatic heterocycles. The zero-order chi connectivity index (χ0) is 15.4. The average Bonchev–Trinajstić information content (AvgIpc) is 2.94. The number of carbonyl (C=O) groups excluding carboxylic acids is 1. The van der Waals surface area contributed by atoms with Crippen LogP contribution in [0.5, 0.6) is 0 Å². The largest absolute Gasteiger partial charge is 0.467 e. The van der Waals surface area contributed by atoms with Gasteiger partial charge in [-0.05, 0) is 12.1 Å². The molecule has 2 rings (SSSR count). The van der Waals surface area contributed by atoms with Crippen molar-refractivity contribution in [3.8, 4) is 0 Å².